The standard InChI is InChI=1S/C24H23NO.C4H10/c1-3-23(19-10-6-4-7-11-19)24(20-12-8-5-9-13-20)21-14-16-22(17-15-21)26-18(2)25;1-3-4-2/h4-17H,2-3,25H2,1H3;3-4H2,1-2H3/b24-23-;. The van der Waals surface area contributed by atoms with E-state index in [1.54, 1.807) is 0 Å². The fraction of sp³-hybridized carbons (Fsp3) is 0.214. The molecule has 3 aromatic rings. The van der Waals surface area contributed by atoms with E-state index < -0.39 is 0 Å². The van der Waals surface area contributed by atoms with Gasteiger partial charge in [0.05, 0.1) is 0 Å². The van der Waals surface area contributed by atoms with E-state index in [9.17, 15) is 0 Å². The molecule has 2 N–H and O–H groups in total. The molecule has 0 aliphatic carbocycles. The molecule has 0 saturated heterocycles. The summed E-state index contributed by atoms with van der Waals surface area (Å²) in [6.07, 6.45) is 3.58. The van der Waals surface area contributed by atoms with E-state index in [1.807, 2.05) is 24.3 Å². The van der Waals surface area contributed by atoms with Gasteiger partial charge in [-0.25, -0.2) is 0 Å². The maximum absolute atomic E-state index is 5.53. The van der Waals surface area contributed by atoms with E-state index >= 15 is 0 Å². The Balaban J connectivity index is 0.000000735. The smallest absolute Gasteiger partial charge is 0.183 e. The molecular formula is C28H33NO. The van der Waals surface area contributed by atoms with Crippen LogP contribution in [-0.2, 0) is 0 Å². The average molecular weight is 400 g/mol. The minimum absolute atomic E-state index is 0.190. The van der Waals surface area contributed by atoms with E-state index in [4.69, 9.17) is 10.5 Å². The molecule has 2 nitrogen and oxygen atoms in total. The van der Waals surface area contributed by atoms with Crippen LogP contribution >= 0.6 is 0 Å². The number of unbranched alkanes of at least 4 members (excludes halogenated alkanes) is 1. The predicted molar refractivity (Wildman–Crippen MR) is 130 cm³/mol. The van der Waals surface area contributed by atoms with Crippen LogP contribution in [0.5, 0.6) is 5.75 Å². The molecule has 0 heterocycles. The lowest BCUT2D eigenvalue weighted by Gasteiger charge is -2.16. The summed E-state index contributed by atoms with van der Waals surface area (Å²) in [6, 6.07) is 29.0. The third-order valence-corrected chi connectivity index (χ3v) is 4.73. The van der Waals surface area contributed by atoms with Gasteiger partial charge in [0.15, 0.2) is 5.88 Å². The Morgan fingerprint density at radius 2 is 1.17 bits per heavy atom. The number of hydrogen-bond acceptors (Lipinski definition) is 2. The Morgan fingerprint density at radius 3 is 1.60 bits per heavy atom. The molecule has 2 heteroatoms. The molecule has 30 heavy (non-hydrogen) atoms. The minimum Gasteiger partial charge on any atom is -0.442 e. The summed E-state index contributed by atoms with van der Waals surface area (Å²) < 4.78 is 5.39. The fourth-order valence-corrected chi connectivity index (χ4v) is 3.13. The first-order valence-corrected chi connectivity index (χ1v) is 10.7. The summed E-state index contributed by atoms with van der Waals surface area (Å²) in [6.45, 7) is 10.1. The summed E-state index contributed by atoms with van der Waals surface area (Å²) in [4.78, 5) is 0. The van der Waals surface area contributed by atoms with Gasteiger partial charge in [0.1, 0.15) is 5.75 Å². The Bertz CT molecular complexity index is 923. The van der Waals surface area contributed by atoms with Gasteiger partial charge in [0.25, 0.3) is 0 Å². The molecule has 0 saturated carbocycles. The van der Waals surface area contributed by atoms with Crippen molar-refractivity contribution in [3.8, 4) is 5.75 Å². The minimum atomic E-state index is 0.190. The molecule has 0 aliphatic heterocycles. The van der Waals surface area contributed by atoms with Gasteiger partial charge in [-0.05, 0) is 53.0 Å². The van der Waals surface area contributed by atoms with Gasteiger partial charge >= 0.3 is 0 Å². The lowest BCUT2D eigenvalue weighted by atomic mass is 9.88. The highest BCUT2D eigenvalue weighted by Gasteiger charge is 2.13. The van der Waals surface area contributed by atoms with Crippen molar-refractivity contribution in [1.29, 1.82) is 0 Å². The number of allylic oxidation sites excluding steroid dienone is 1. The second-order valence-electron chi connectivity index (χ2n) is 7.03. The van der Waals surface area contributed by atoms with Crippen molar-refractivity contribution in [1.82, 2.24) is 0 Å². The quantitative estimate of drug-likeness (QED) is 0.327. The first-order valence-electron chi connectivity index (χ1n) is 10.7. The Labute approximate surface area is 181 Å². The first-order chi connectivity index (χ1) is 14.6. The number of rotatable bonds is 7. The van der Waals surface area contributed by atoms with E-state index in [-0.39, 0.29) is 5.88 Å². The molecule has 156 valence electrons. The van der Waals surface area contributed by atoms with Gasteiger partial charge in [0.2, 0.25) is 0 Å². The largest absolute Gasteiger partial charge is 0.442 e. The molecule has 0 unspecified atom stereocenters. The average Bonchev–Trinajstić information content (AvgIpc) is 2.79. The lowest BCUT2D eigenvalue weighted by molar-refractivity contribution is 0.422. The number of hydrogen-bond donors (Lipinski definition) is 1. The number of ether oxygens (including phenoxy) is 1. The van der Waals surface area contributed by atoms with Crippen LogP contribution in [0.4, 0.5) is 0 Å². The fourth-order valence-electron chi connectivity index (χ4n) is 3.13. The van der Waals surface area contributed by atoms with Crippen molar-refractivity contribution < 1.29 is 4.74 Å². The van der Waals surface area contributed by atoms with Crippen molar-refractivity contribution >= 4 is 11.1 Å². The monoisotopic (exact) mass is 399 g/mol. The molecule has 0 aromatic heterocycles. The van der Waals surface area contributed by atoms with Crippen LogP contribution in [0.1, 0.15) is 56.7 Å². The summed E-state index contributed by atoms with van der Waals surface area (Å²) >= 11 is 0. The summed E-state index contributed by atoms with van der Waals surface area (Å²) in [7, 11) is 0. The SMILES string of the molecule is C=C(N)Oc1ccc(/C(=C(/CC)c2ccccc2)c2ccccc2)cc1.CCCC. The molecule has 3 rings (SSSR count). The summed E-state index contributed by atoms with van der Waals surface area (Å²) in [5, 5.41) is 0. The number of benzene rings is 3. The maximum Gasteiger partial charge on any atom is 0.183 e. The van der Waals surface area contributed by atoms with Gasteiger partial charge in [-0.15, -0.1) is 0 Å². The second kappa shape index (κ2) is 12.3. The summed E-state index contributed by atoms with van der Waals surface area (Å²) in [5.74, 6) is 0.876. The molecule has 0 aliphatic rings. The normalized spacial score (nSPS) is 11.0. The topological polar surface area (TPSA) is 35.2 Å². The van der Waals surface area contributed by atoms with Crippen LogP contribution in [0.15, 0.2) is 97.4 Å². The van der Waals surface area contributed by atoms with Crippen molar-refractivity contribution in [2.45, 2.75) is 40.0 Å². The molecule has 0 spiro atoms. The van der Waals surface area contributed by atoms with E-state index in [2.05, 4.69) is 88.0 Å². The van der Waals surface area contributed by atoms with Crippen LogP contribution in [0.2, 0.25) is 0 Å². The van der Waals surface area contributed by atoms with Crippen molar-refractivity contribution in [2.75, 3.05) is 0 Å². The van der Waals surface area contributed by atoms with Crippen LogP contribution in [0, 0.1) is 0 Å². The predicted octanol–water partition coefficient (Wildman–Crippen LogP) is 7.67. The highest BCUT2D eigenvalue weighted by atomic mass is 16.5. The maximum atomic E-state index is 5.53. The van der Waals surface area contributed by atoms with E-state index in [1.165, 1.54) is 35.1 Å². The van der Waals surface area contributed by atoms with Crippen molar-refractivity contribution in [3.05, 3.63) is 114 Å². The highest BCUT2D eigenvalue weighted by molar-refractivity contribution is 5.98. The third-order valence-electron chi connectivity index (χ3n) is 4.73. The van der Waals surface area contributed by atoms with Crippen LogP contribution in [0.3, 0.4) is 0 Å². The molecule has 0 amide bonds. The molecule has 0 bridgehead atoms. The Hall–Kier alpha value is -3.26. The first kappa shape index (κ1) is 23.0. The van der Waals surface area contributed by atoms with Crippen LogP contribution < -0.4 is 10.5 Å². The van der Waals surface area contributed by atoms with Gasteiger partial charge in [-0.2, -0.15) is 0 Å². The molecule has 0 fully saturated rings. The van der Waals surface area contributed by atoms with Gasteiger partial charge in [-0.3, -0.25) is 0 Å². The Morgan fingerprint density at radius 1 is 0.700 bits per heavy atom. The second-order valence-corrected chi connectivity index (χ2v) is 7.03. The Kier molecular flexibility index (Phi) is 9.47. The van der Waals surface area contributed by atoms with Gasteiger partial charge in [0, 0.05) is 0 Å². The third kappa shape index (κ3) is 6.66. The van der Waals surface area contributed by atoms with Crippen LogP contribution in [-0.4, -0.2) is 0 Å². The molecule has 0 atom stereocenters. The van der Waals surface area contributed by atoms with Crippen molar-refractivity contribution in [3.63, 3.8) is 0 Å². The van der Waals surface area contributed by atoms with E-state index in [0.29, 0.717) is 5.75 Å². The summed E-state index contributed by atoms with van der Waals surface area (Å²) in [5.41, 5.74) is 11.7. The van der Waals surface area contributed by atoms with Crippen molar-refractivity contribution in [2.24, 2.45) is 5.73 Å². The zero-order valence-corrected chi connectivity index (χ0v) is 18.4. The highest BCUT2D eigenvalue weighted by Crippen LogP contribution is 2.34. The number of nitrogens with two attached hydrogens (primary N) is 1. The van der Waals surface area contributed by atoms with Gasteiger partial charge < -0.3 is 10.5 Å². The van der Waals surface area contributed by atoms with Gasteiger partial charge in [-0.1, -0.05) is 106 Å². The zero-order valence-electron chi connectivity index (χ0n) is 18.4. The lowest BCUT2D eigenvalue weighted by Crippen LogP contribution is -2.03. The molecule has 0 radical (unpaired) electrons. The van der Waals surface area contributed by atoms with E-state index in [0.717, 1.165) is 12.0 Å². The molecule has 3 aromatic carbocycles. The molecular weight excluding hydrogens is 366 g/mol. The zero-order chi connectivity index (χ0) is 21.8. The van der Waals surface area contributed by atoms with Crippen LogP contribution in [0.25, 0.3) is 11.1 Å².